The first-order valence-electron chi connectivity index (χ1n) is 5.44. The van der Waals surface area contributed by atoms with Gasteiger partial charge >= 0.3 is 12.0 Å². The highest BCUT2D eigenvalue weighted by Gasteiger charge is 2.52. The van der Waals surface area contributed by atoms with Crippen LogP contribution in [0.4, 0.5) is 4.79 Å². The minimum atomic E-state index is -0.882. The highest BCUT2D eigenvalue weighted by Crippen LogP contribution is 2.42. The van der Waals surface area contributed by atoms with E-state index in [1.807, 2.05) is 0 Å². The van der Waals surface area contributed by atoms with Gasteiger partial charge in [0.05, 0.1) is 13.7 Å². The minimum absolute atomic E-state index is 0.258. The molecule has 2 atom stereocenters. The zero-order chi connectivity index (χ0) is 13.0. The average molecular weight is 252 g/mol. The SMILES string of the molecule is COC(=O)C1c2nn(C)cc2C2CN1C(=O)N2O. The van der Waals surface area contributed by atoms with E-state index in [0.29, 0.717) is 16.3 Å². The van der Waals surface area contributed by atoms with Crippen LogP contribution in [-0.4, -0.2) is 50.6 Å². The molecule has 2 aliphatic heterocycles. The molecule has 1 aromatic heterocycles. The summed E-state index contributed by atoms with van der Waals surface area (Å²) in [6, 6.07) is -1.95. The van der Waals surface area contributed by atoms with Crippen molar-refractivity contribution in [3.63, 3.8) is 0 Å². The van der Waals surface area contributed by atoms with Crippen LogP contribution in [0.2, 0.25) is 0 Å². The molecule has 0 aromatic carbocycles. The van der Waals surface area contributed by atoms with Gasteiger partial charge in [0.25, 0.3) is 0 Å². The highest BCUT2D eigenvalue weighted by atomic mass is 16.5. The predicted molar refractivity (Wildman–Crippen MR) is 56.4 cm³/mol. The van der Waals surface area contributed by atoms with E-state index in [0.717, 1.165) is 0 Å². The number of fused-ring (bicyclic) bond motifs is 4. The molecule has 2 amide bonds. The number of amides is 2. The van der Waals surface area contributed by atoms with Gasteiger partial charge in [-0.15, -0.1) is 0 Å². The Labute approximate surface area is 102 Å². The summed E-state index contributed by atoms with van der Waals surface area (Å²) >= 11 is 0. The zero-order valence-electron chi connectivity index (χ0n) is 9.90. The summed E-state index contributed by atoms with van der Waals surface area (Å²) in [6.45, 7) is 0.258. The van der Waals surface area contributed by atoms with Gasteiger partial charge in [0, 0.05) is 18.8 Å². The van der Waals surface area contributed by atoms with Gasteiger partial charge in [0.15, 0.2) is 6.04 Å². The second-order valence-corrected chi connectivity index (χ2v) is 4.36. The first-order chi connectivity index (χ1) is 8.54. The molecule has 1 aromatic rings. The number of urea groups is 1. The number of methoxy groups -OCH3 is 1. The summed E-state index contributed by atoms with van der Waals surface area (Å²) in [4.78, 5) is 24.9. The number of hydroxylamine groups is 2. The van der Waals surface area contributed by atoms with Crippen LogP contribution >= 0.6 is 0 Å². The number of aryl methyl sites for hydroxylation is 1. The molecular formula is C10H12N4O4. The van der Waals surface area contributed by atoms with Crippen molar-refractivity contribution in [1.82, 2.24) is 19.7 Å². The van der Waals surface area contributed by atoms with E-state index in [2.05, 4.69) is 5.10 Å². The Morgan fingerprint density at radius 1 is 1.61 bits per heavy atom. The number of rotatable bonds is 1. The van der Waals surface area contributed by atoms with E-state index in [1.54, 1.807) is 17.9 Å². The number of nitrogens with zero attached hydrogens (tertiary/aromatic N) is 4. The number of carbonyl (C=O) groups is 2. The van der Waals surface area contributed by atoms with Crippen LogP contribution in [0.1, 0.15) is 23.3 Å². The van der Waals surface area contributed by atoms with Gasteiger partial charge in [-0.05, 0) is 0 Å². The summed E-state index contributed by atoms with van der Waals surface area (Å²) in [5, 5.41) is 14.6. The smallest absolute Gasteiger partial charge is 0.345 e. The first kappa shape index (κ1) is 11.0. The molecule has 1 saturated heterocycles. The molecule has 1 fully saturated rings. The standard InChI is InChI=1S/C10H12N4O4/c1-12-3-5-6-4-13(10(16)14(6)17)8(7(5)11-12)9(15)18-2/h3,6,8,17H,4H2,1-2H3. The Hall–Kier alpha value is -2.09. The van der Waals surface area contributed by atoms with Gasteiger partial charge in [-0.3, -0.25) is 9.89 Å². The van der Waals surface area contributed by atoms with Crippen molar-refractivity contribution in [2.45, 2.75) is 12.1 Å². The van der Waals surface area contributed by atoms with Crippen LogP contribution in [0.15, 0.2) is 6.20 Å². The van der Waals surface area contributed by atoms with E-state index in [9.17, 15) is 14.8 Å². The molecule has 2 bridgehead atoms. The molecular weight excluding hydrogens is 240 g/mol. The fourth-order valence-electron chi connectivity index (χ4n) is 2.54. The van der Waals surface area contributed by atoms with Crippen LogP contribution in [0, 0.1) is 0 Å². The maximum Gasteiger partial charge on any atom is 0.345 e. The van der Waals surface area contributed by atoms with Gasteiger partial charge in [-0.2, -0.15) is 10.2 Å². The van der Waals surface area contributed by atoms with Crippen LogP contribution < -0.4 is 0 Å². The average Bonchev–Trinajstić information content (AvgIpc) is 2.84. The lowest BCUT2D eigenvalue weighted by atomic mass is 9.98. The molecule has 18 heavy (non-hydrogen) atoms. The molecule has 2 aliphatic rings. The van der Waals surface area contributed by atoms with E-state index in [1.165, 1.54) is 12.0 Å². The molecule has 8 heteroatoms. The molecule has 0 aliphatic carbocycles. The number of esters is 1. The van der Waals surface area contributed by atoms with Gasteiger partial charge < -0.3 is 9.64 Å². The third-order valence-corrected chi connectivity index (χ3v) is 3.35. The lowest BCUT2D eigenvalue weighted by molar-refractivity contribution is -0.146. The fraction of sp³-hybridized carbons (Fsp3) is 0.500. The van der Waals surface area contributed by atoms with Crippen LogP contribution in [0.5, 0.6) is 0 Å². The van der Waals surface area contributed by atoms with Gasteiger partial charge in [0.1, 0.15) is 11.7 Å². The molecule has 3 rings (SSSR count). The van der Waals surface area contributed by atoms with Crippen molar-refractivity contribution >= 4 is 12.0 Å². The lowest BCUT2D eigenvalue weighted by Gasteiger charge is -2.27. The van der Waals surface area contributed by atoms with Crippen molar-refractivity contribution in [2.75, 3.05) is 13.7 Å². The molecule has 1 N–H and O–H groups in total. The summed E-state index contributed by atoms with van der Waals surface area (Å²) in [5.41, 5.74) is 1.14. The summed E-state index contributed by atoms with van der Waals surface area (Å²) < 4.78 is 6.26. The Morgan fingerprint density at radius 2 is 2.33 bits per heavy atom. The molecule has 2 unspecified atom stereocenters. The van der Waals surface area contributed by atoms with Crippen molar-refractivity contribution in [3.05, 3.63) is 17.5 Å². The summed E-state index contributed by atoms with van der Waals surface area (Å²) in [6.07, 6.45) is 1.70. The zero-order valence-corrected chi connectivity index (χ0v) is 9.90. The Bertz CT molecular complexity index is 540. The van der Waals surface area contributed by atoms with E-state index >= 15 is 0 Å². The van der Waals surface area contributed by atoms with Gasteiger partial charge in [-0.1, -0.05) is 0 Å². The van der Waals surface area contributed by atoms with Crippen molar-refractivity contribution in [1.29, 1.82) is 0 Å². The summed E-state index contributed by atoms with van der Waals surface area (Å²) in [5.74, 6) is -0.558. The lowest BCUT2D eigenvalue weighted by Crippen LogP contribution is -2.39. The first-order valence-corrected chi connectivity index (χ1v) is 5.44. The molecule has 0 radical (unpaired) electrons. The maximum atomic E-state index is 11.8. The van der Waals surface area contributed by atoms with Crippen LogP contribution in [-0.2, 0) is 16.6 Å². The fourth-order valence-corrected chi connectivity index (χ4v) is 2.54. The Morgan fingerprint density at radius 3 is 3.00 bits per heavy atom. The number of ether oxygens (including phenoxy) is 1. The number of hydrogen-bond acceptors (Lipinski definition) is 5. The van der Waals surface area contributed by atoms with E-state index in [-0.39, 0.29) is 6.54 Å². The van der Waals surface area contributed by atoms with Crippen LogP contribution in [0.3, 0.4) is 0 Å². The number of carbonyl (C=O) groups excluding carboxylic acids is 2. The maximum absolute atomic E-state index is 11.8. The summed E-state index contributed by atoms with van der Waals surface area (Å²) in [7, 11) is 2.98. The molecule has 96 valence electrons. The number of hydrogen-bond donors (Lipinski definition) is 1. The van der Waals surface area contributed by atoms with Crippen molar-refractivity contribution in [2.24, 2.45) is 7.05 Å². The third-order valence-electron chi connectivity index (χ3n) is 3.35. The topological polar surface area (TPSA) is 87.9 Å². The van der Waals surface area contributed by atoms with Gasteiger partial charge in [-0.25, -0.2) is 9.59 Å². The highest BCUT2D eigenvalue weighted by molar-refractivity contribution is 5.87. The second kappa shape index (κ2) is 3.45. The Balaban J connectivity index is 2.15. The second-order valence-electron chi connectivity index (χ2n) is 4.36. The monoisotopic (exact) mass is 252 g/mol. The van der Waals surface area contributed by atoms with Crippen molar-refractivity contribution < 1.29 is 19.5 Å². The molecule has 8 nitrogen and oxygen atoms in total. The normalized spacial score (nSPS) is 25.4. The minimum Gasteiger partial charge on any atom is -0.467 e. The molecule has 0 saturated carbocycles. The number of aromatic nitrogens is 2. The van der Waals surface area contributed by atoms with E-state index < -0.39 is 24.1 Å². The third kappa shape index (κ3) is 1.20. The van der Waals surface area contributed by atoms with Crippen LogP contribution in [0.25, 0.3) is 0 Å². The Kier molecular flexibility index (Phi) is 2.11. The molecule has 0 spiro atoms. The predicted octanol–water partition coefficient (Wildman–Crippen LogP) is -0.184. The van der Waals surface area contributed by atoms with Crippen molar-refractivity contribution in [3.8, 4) is 0 Å². The largest absolute Gasteiger partial charge is 0.467 e. The quantitative estimate of drug-likeness (QED) is 0.553. The molecule has 3 heterocycles. The van der Waals surface area contributed by atoms with E-state index in [4.69, 9.17) is 4.74 Å². The van der Waals surface area contributed by atoms with Gasteiger partial charge in [0.2, 0.25) is 0 Å².